The lowest BCUT2D eigenvalue weighted by Gasteiger charge is -2.05. The van der Waals surface area contributed by atoms with Crippen LogP contribution >= 0.6 is 0 Å². The van der Waals surface area contributed by atoms with E-state index >= 15 is 0 Å². The van der Waals surface area contributed by atoms with E-state index in [0.29, 0.717) is 22.8 Å². The van der Waals surface area contributed by atoms with Gasteiger partial charge >= 0.3 is 12.1 Å². The molecule has 0 aliphatic heterocycles. The maximum atomic E-state index is 12.3. The maximum absolute atomic E-state index is 12.3. The van der Waals surface area contributed by atoms with Crippen LogP contribution < -0.4 is 0 Å². The van der Waals surface area contributed by atoms with Crippen LogP contribution in [0.3, 0.4) is 0 Å². The maximum Gasteiger partial charge on any atom is 0.426 e. The summed E-state index contributed by atoms with van der Waals surface area (Å²) < 4.78 is 6.20. The summed E-state index contributed by atoms with van der Waals surface area (Å²) >= 11 is 0. The first kappa shape index (κ1) is 24.8. The SMILES string of the molecule is CCCCCCCCCCCCCCCC(=O)OC(=O)n1cc(C=O)c2ccccc21. The number of aldehydes is 1. The number of para-hydroxylation sites is 1. The lowest BCUT2D eigenvalue weighted by atomic mass is 10.0. The van der Waals surface area contributed by atoms with Gasteiger partial charge in [0, 0.05) is 23.6 Å². The van der Waals surface area contributed by atoms with Crippen LogP contribution in [0, 0.1) is 0 Å². The summed E-state index contributed by atoms with van der Waals surface area (Å²) in [4.78, 5) is 35.5. The van der Waals surface area contributed by atoms with Crippen LogP contribution in [-0.4, -0.2) is 22.9 Å². The topological polar surface area (TPSA) is 65.4 Å². The smallest absolute Gasteiger partial charge is 0.376 e. The first-order chi connectivity index (χ1) is 15.2. The molecule has 5 nitrogen and oxygen atoms in total. The van der Waals surface area contributed by atoms with Crippen molar-refractivity contribution in [1.29, 1.82) is 0 Å². The Balaban J connectivity index is 1.55. The number of hydrogen-bond donors (Lipinski definition) is 0. The lowest BCUT2D eigenvalue weighted by Crippen LogP contribution is -2.17. The minimum atomic E-state index is -0.760. The van der Waals surface area contributed by atoms with E-state index in [1.165, 1.54) is 75.0 Å². The third kappa shape index (κ3) is 8.68. The molecule has 5 heteroatoms. The van der Waals surface area contributed by atoms with Crippen molar-refractivity contribution in [2.75, 3.05) is 0 Å². The van der Waals surface area contributed by atoms with Gasteiger partial charge in [0.2, 0.25) is 0 Å². The summed E-state index contributed by atoms with van der Waals surface area (Å²) in [6.07, 6.45) is 17.7. The Morgan fingerprint density at radius 1 is 0.839 bits per heavy atom. The minimum absolute atomic E-state index is 0.239. The first-order valence-electron chi connectivity index (χ1n) is 12.0. The van der Waals surface area contributed by atoms with Crippen LogP contribution in [0.2, 0.25) is 0 Å². The molecule has 0 spiro atoms. The van der Waals surface area contributed by atoms with Gasteiger partial charge in [0.15, 0.2) is 6.29 Å². The van der Waals surface area contributed by atoms with E-state index in [1.807, 2.05) is 0 Å². The van der Waals surface area contributed by atoms with Crippen molar-refractivity contribution in [3.63, 3.8) is 0 Å². The van der Waals surface area contributed by atoms with Crippen LogP contribution in [0.15, 0.2) is 30.5 Å². The molecule has 0 bridgehead atoms. The summed E-state index contributed by atoms with van der Waals surface area (Å²) in [5.74, 6) is -0.515. The second-order valence-corrected chi connectivity index (χ2v) is 8.32. The average Bonchev–Trinajstić information content (AvgIpc) is 3.16. The number of unbranched alkanes of at least 4 members (excludes halogenated alkanes) is 12. The van der Waals surface area contributed by atoms with E-state index in [0.717, 1.165) is 19.3 Å². The zero-order valence-electron chi connectivity index (χ0n) is 18.9. The molecule has 2 aromatic rings. The highest BCUT2D eigenvalue weighted by atomic mass is 16.6. The van der Waals surface area contributed by atoms with Crippen LogP contribution in [0.5, 0.6) is 0 Å². The molecule has 0 saturated carbocycles. The molecular formula is C26H37NO4. The Kier molecular flexibility index (Phi) is 11.7. The van der Waals surface area contributed by atoms with Gasteiger partial charge < -0.3 is 4.74 Å². The van der Waals surface area contributed by atoms with Gasteiger partial charge in [-0.05, 0) is 12.5 Å². The van der Waals surface area contributed by atoms with Gasteiger partial charge in [-0.15, -0.1) is 0 Å². The highest BCUT2D eigenvalue weighted by Crippen LogP contribution is 2.20. The molecule has 0 saturated heterocycles. The number of carbonyl (C=O) groups is 3. The van der Waals surface area contributed by atoms with Gasteiger partial charge in [-0.1, -0.05) is 102 Å². The fraction of sp³-hybridized carbons (Fsp3) is 0.577. The highest BCUT2D eigenvalue weighted by molar-refractivity contribution is 6.02. The fourth-order valence-corrected chi connectivity index (χ4v) is 3.94. The number of hydrogen-bond acceptors (Lipinski definition) is 4. The second kappa shape index (κ2) is 14.6. The molecule has 0 aliphatic carbocycles. The van der Waals surface area contributed by atoms with Crippen LogP contribution in [0.1, 0.15) is 107 Å². The van der Waals surface area contributed by atoms with E-state index < -0.39 is 12.1 Å². The highest BCUT2D eigenvalue weighted by Gasteiger charge is 2.17. The summed E-state index contributed by atoms with van der Waals surface area (Å²) in [5.41, 5.74) is 0.958. The Morgan fingerprint density at radius 3 is 1.97 bits per heavy atom. The minimum Gasteiger partial charge on any atom is -0.376 e. The number of benzene rings is 1. The van der Waals surface area contributed by atoms with Crippen LogP contribution in [0.25, 0.3) is 10.9 Å². The molecular weight excluding hydrogens is 390 g/mol. The monoisotopic (exact) mass is 427 g/mol. The van der Waals surface area contributed by atoms with Crippen molar-refractivity contribution >= 4 is 29.3 Å². The average molecular weight is 428 g/mol. The number of aromatic nitrogens is 1. The van der Waals surface area contributed by atoms with E-state index in [9.17, 15) is 14.4 Å². The molecule has 170 valence electrons. The Bertz CT molecular complexity index is 824. The Morgan fingerprint density at radius 2 is 1.39 bits per heavy atom. The van der Waals surface area contributed by atoms with Crippen molar-refractivity contribution in [3.05, 3.63) is 36.0 Å². The lowest BCUT2D eigenvalue weighted by molar-refractivity contribution is -0.137. The van der Waals surface area contributed by atoms with Gasteiger partial charge in [-0.25, -0.2) is 4.79 Å². The van der Waals surface area contributed by atoms with Crippen molar-refractivity contribution in [2.24, 2.45) is 0 Å². The van der Waals surface area contributed by atoms with Crippen LogP contribution in [-0.2, 0) is 9.53 Å². The Labute approximate surface area is 186 Å². The van der Waals surface area contributed by atoms with Crippen molar-refractivity contribution in [1.82, 2.24) is 4.57 Å². The second-order valence-electron chi connectivity index (χ2n) is 8.32. The predicted octanol–water partition coefficient (Wildman–Crippen LogP) is 7.45. The van der Waals surface area contributed by atoms with Crippen molar-refractivity contribution in [2.45, 2.75) is 96.8 Å². The normalized spacial score (nSPS) is 11.0. The predicted molar refractivity (Wildman–Crippen MR) is 125 cm³/mol. The molecule has 2 rings (SSSR count). The molecule has 0 atom stereocenters. The number of fused-ring (bicyclic) bond motifs is 1. The van der Waals surface area contributed by atoms with Gasteiger partial charge in [-0.3, -0.25) is 14.2 Å². The number of ether oxygens (including phenoxy) is 1. The third-order valence-electron chi connectivity index (χ3n) is 5.75. The van der Waals surface area contributed by atoms with Gasteiger partial charge in [0.05, 0.1) is 5.52 Å². The summed E-state index contributed by atoms with van der Waals surface area (Å²) in [6, 6.07) is 7.06. The largest absolute Gasteiger partial charge is 0.426 e. The summed E-state index contributed by atoms with van der Waals surface area (Å²) in [7, 11) is 0. The molecule has 31 heavy (non-hydrogen) atoms. The van der Waals surface area contributed by atoms with Crippen LogP contribution in [0.4, 0.5) is 4.79 Å². The molecule has 0 N–H and O–H groups in total. The standard InChI is InChI=1S/C26H37NO4/c1-2-3-4-5-6-7-8-9-10-11-12-13-14-19-25(29)31-26(30)27-20-22(21-28)23-17-15-16-18-24(23)27/h15-18,20-21H,2-14,19H2,1H3. The van der Waals surface area contributed by atoms with Gasteiger partial charge in [-0.2, -0.15) is 0 Å². The van der Waals surface area contributed by atoms with Gasteiger partial charge in [0.1, 0.15) is 0 Å². The van der Waals surface area contributed by atoms with E-state index in [2.05, 4.69) is 6.92 Å². The van der Waals surface area contributed by atoms with E-state index in [-0.39, 0.29) is 6.42 Å². The summed E-state index contributed by atoms with van der Waals surface area (Å²) in [5, 5.41) is 0.665. The number of rotatable bonds is 15. The summed E-state index contributed by atoms with van der Waals surface area (Å²) in [6.45, 7) is 2.25. The molecule has 0 unspecified atom stereocenters. The molecule has 0 fully saturated rings. The quantitative estimate of drug-likeness (QED) is 0.128. The van der Waals surface area contributed by atoms with Gasteiger partial charge in [0.25, 0.3) is 0 Å². The molecule has 0 amide bonds. The first-order valence-corrected chi connectivity index (χ1v) is 12.0. The fourth-order valence-electron chi connectivity index (χ4n) is 3.94. The zero-order valence-corrected chi connectivity index (χ0v) is 18.9. The Hall–Kier alpha value is -2.43. The molecule has 0 radical (unpaired) electrons. The van der Waals surface area contributed by atoms with E-state index in [1.54, 1.807) is 24.3 Å². The van der Waals surface area contributed by atoms with E-state index in [4.69, 9.17) is 4.74 Å². The zero-order chi connectivity index (χ0) is 22.3. The number of esters is 1. The van der Waals surface area contributed by atoms with Crippen molar-refractivity contribution in [3.8, 4) is 0 Å². The number of carbonyl (C=O) groups excluding carboxylic acids is 3. The molecule has 1 heterocycles. The number of nitrogens with zero attached hydrogens (tertiary/aromatic N) is 1. The molecule has 0 aliphatic rings. The third-order valence-corrected chi connectivity index (χ3v) is 5.75. The molecule has 1 aromatic heterocycles. The van der Waals surface area contributed by atoms with Crippen molar-refractivity contribution < 1.29 is 19.1 Å². The molecule has 1 aromatic carbocycles.